The standard InChI is InChI=1S/C15H28N2/c1-6-13(3)10-15(5,11-14(4)7-2)17-9-8-16-12-17/h8-9,12-14H,6-7,10-11H2,1-5H3. The first-order chi connectivity index (χ1) is 8.01. The Morgan fingerprint density at radius 3 is 2.00 bits per heavy atom. The maximum atomic E-state index is 4.22. The fraction of sp³-hybridized carbons (Fsp3) is 0.800. The molecule has 0 N–H and O–H groups in total. The number of nitrogens with zero attached hydrogens (tertiary/aromatic N) is 2. The molecule has 0 aliphatic heterocycles. The average Bonchev–Trinajstić information content (AvgIpc) is 2.82. The van der Waals surface area contributed by atoms with Crippen LogP contribution in [0.3, 0.4) is 0 Å². The molecule has 0 saturated carbocycles. The summed E-state index contributed by atoms with van der Waals surface area (Å²) in [5, 5.41) is 0. The number of hydrogen-bond donors (Lipinski definition) is 0. The van der Waals surface area contributed by atoms with E-state index in [0.717, 1.165) is 11.8 Å². The average molecular weight is 236 g/mol. The number of hydrogen-bond acceptors (Lipinski definition) is 1. The van der Waals surface area contributed by atoms with Crippen molar-refractivity contribution in [3.63, 3.8) is 0 Å². The van der Waals surface area contributed by atoms with Gasteiger partial charge in [0.2, 0.25) is 0 Å². The van der Waals surface area contributed by atoms with E-state index < -0.39 is 0 Å². The smallest absolute Gasteiger partial charge is 0.0951 e. The van der Waals surface area contributed by atoms with Crippen LogP contribution in [0.1, 0.15) is 60.3 Å². The van der Waals surface area contributed by atoms with E-state index in [9.17, 15) is 0 Å². The summed E-state index contributed by atoms with van der Waals surface area (Å²) in [7, 11) is 0. The van der Waals surface area contributed by atoms with Crippen molar-refractivity contribution in [2.75, 3.05) is 0 Å². The van der Waals surface area contributed by atoms with Gasteiger partial charge in [-0.1, -0.05) is 40.5 Å². The minimum atomic E-state index is 0.224. The van der Waals surface area contributed by atoms with E-state index in [1.165, 1.54) is 25.7 Å². The fourth-order valence-electron chi connectivity index (χ4n) is 2.66. The lowest BCUT2D eigenvalue weighted by Gasteiger charge is -2.35. The second-order valence-corrected chi connectivity index (χ2v) is 5.90. The molecule has 0 spiro atoms. The molecular formula is C15H28N2. The molecule has 2 atom stereocenters. The van der Waals surface area contributed by atoms with Gasteiger partial charge in [0.15, 0.2) is 0 Å². The molecule has 0 aliphatic rings. The van der Waals surface area contributed by atoms with E-state index in [-0.39, 0.29) is 5.54 Å². The van der Waals surface area contributed by atoms with Gasteiger partial charge in [0.05, 0.1) is 6.33 Å². The SMILES string of the molecule is CCC(C)CC(C)(CC(C)CC)n1ccnc1. The van der Waals surface area contributed by atoms with Gasteiger partial charge in [0.1, 0.15) is 0 Å². The molecule has 1 aromatic rings. The minimum absolute atomic E-state index is 0.224. The summed E-state index contributed by atoms with van der Waals surface area (Å²) >= 11 is 0. The molecule has 0 aromatic carbocycles. The Labute approximate surface area is 106 Å². The molecule has 2 nitrogen and oxygen atoms in total. The van der Waals surface area contributed by atoms with Crippen molar-refractivity contribution in [3.8, 4) is 0 Å². The molecule has 2 unspecified atom stereocenters. The summed E-state index contributed by atoms with van der Waals surface area (Å²) in [4.78, 5) is 4.22. The van der Waals surface area contributed by atoms with E-state index in [4.69, 9.17) is 0 Å². The van der Waals surface area contributed by atoms with Gasteiger partial charge in [0, 0.05) is 17.9 Å². The molecule has 0 radical (unpaired) electrons. The third kappa shape index (κ3) is 3.86. The van der Waals surface area contributed by atoms with Crippen LogP contribution >= 0.6 is 0 Å². The van der Waals surface area contributed by atoms with E-state index >= 15 is 0 Å². The van der Waals surface area contributed by atoms with Crippen LogP contribution in [-0.2, 0) is 5.54 Å². The van der Waals surface area contributed by atoms with E-state index in [2.05, 4.69) is 50.4 Å². The lowest BCUT2D eigenvalue weighted by Crippen LogP contribution is -2.33. The molecule has 0 aliphatic carbocycles. The quantitative estimate of drug-likeness (QED) is 0.683. The lowest BCUT2D eigenvalue weighted by atomic mass is 9.81. The van der Waals surface area contributed by atoms with Gasteiger partial charge in [0.25, 0.3) is 0 Å². The molecule has 1 heterocycles. The normalized spacial score (nSPS) is 18.6. The largest absolute Gasteiger partial charge is 0.332 e. The van der Waals surface area contributed by atoms with Gasteiger partial charge in [-0.3, -0.25) is 0 Å². The van der Waals surface area contributed by atoms with Crippen LogP contribution < -0.4 is 0 Å². The molecular weight excluding hydrogens is 208 g/mol. The first-order valence-electron chi connectivity index (χ1n) is 7.00. The van der Waals surface area contributed by atoms with Gasteiger partial charge in [-0.25, -0.2) is 4.98 Å². The molecule has 98 valence electrons. The molecule has 1 rings (SSSR count). The zero-order chi connectivity index (χ0) is 12.9. The van der Waals surface area contributed by atoms with Crippen molar-refractivity contribution in [3.05, 3.63) is 18.7 Å². The van der Waals surface area contributed by atoms with Crippen molar-refractivity contribution in [2.45, 2.75) is 65.8 Å². The first kappa shape index (κ1) is 14.3. The van der Waals surface area contributed by atoms with Gasteiger partial charge >= 0.3 is 0 Å². The Balaban J connectivity index is 2.84. The van der Waals surface area contributed by atoms with Crippen molar-refractivity contribution < 1.29 is 0 Å². The molecule has 17 heavy (non-hydrogen) atoms. The van der Waals surface area contributed by atoms with Gasteiger partial charge in [-0.05, 0) is 31.6 Å². The number of aromatic nitrogens is 2. The molecule has 0 fully saturated rings. The minimum Gasteiger partial charge on any atom is -0.332 e. The summed E-state index contributed by atoms with van der Waals surface area (Å²) in [6, 6.07) is 0. The third-order valence-electron chi connectivity index (χ3n) is 4.10. The van der Waals surface area contributed by atoms with E-state index in [1.807, 2.05) is 12.5 Å². The predicted molar refractivity (Wildman–Crippen MR) is 74.0 cm³/mol. The fourth-order valence-corrected chi connectivity index (χ4v) is 2.66. The lowest BCUT2D eigenvalue weighted by molar-refractivity contribution is 0.193. The Kier molecular flexibility index (Phi) is 5.23. The Morgan fingerprint density at radius 2 is 1.65 bits per heavy atom. The maximum Gasteiger partial charge on any atom is 0.0951 e. The second kappa shape index (κ2) is 6.23. The summed E-state index contributed by atoms with van der Waals surface area (Å²) in [5.41, 5.74) is 0.224. The summed E-state index contributed by atoms with van der Waals surface area (Å²) in [6.45, 7) is 11.6. The van der Waals surface area contributed by atoms with Crippen LogP contribution in [0, 0.1) is 11.8 Å². The van der Waals surface area contributed by atoms with Gasteiger partial charge in [-0.15, -0.1) is 0 Å². The summed E-state index contributed by atoms with van der Waals surface area (Å²) in [6.07, 6.45) is 11.0. The van der Waals surface area contributed by atoms with Crippen LogP contribution in [0.25, 0.3) is 0 Å². The molecule has 0 bridgehead atoms. The highest BCUT2D eigenvalue weighted by molar-refractivity contribution is 4.90. The van der Waals surface area contributed by atoms with Gasteiger partial charge < -0.3 is 4.57 Å². The van der Waals surface area contributed by atoms with Crippen LogP contribution in [0.5, 0.6) is 0 Å². The van der Waals surface area contributed by atoms with Gasteiger partial charge in [-0.2, -0.15) is 0 Å². The Morgan fingerprint density at radius 1 is 1.12 bits per heavy atom. The summed E-state index contributed by atoms with van der Waals surface area (Å²) in [5.74, 6) is 1.54. The van der Waals surface area contributed by atoms with E-state index in [0.29, 0.717) is 0 Å². The van der Waals surface area contributed by atoms with Crippen molar-refractivity contribution in [1.82, 2.24) is 9.55 Å². The van der Waals surface area contributed by atoms with Crippen LogP contribution in [-0.4, -0.2) is 9.55 Å². The topological polar surface area (TPSA) is 17.8 Å². The highest BCUT2D eigenvalue weighted by atomic mass is 15.1. The number of imidazole rings is 1. The van der Waals surface area contributed by atoms with Crippen LogP contribution in [0.4, 0.5) is 0 Å². The second-order valence-electron chi connectivity index (χ2n) is 5.90. The predicted octanol–water partition coefficient (Wildman–Crippen LogP) is 4.47. The molecule has 2 heteroatoms. The highest BCUT2D eigenvalue weighted by Crippen LogP contribution is 2.33. The molecule has 1 aromatic heterocycles. The third-order valence-corrected chi connectivity index (χ3v) is 4.10. The summed E-state index contributed by atoms with van der Waals surface area (Å²) < 4.78 is 2.31. The van der Waals surface area contributed by atoms with Crippen molar-refractivity contribution in [2.24, 2.45) is 11.8 Å². The number of rotatable bonds is 7. The van der Waals surface area contributed by atoms with Crippen LogP contribution in [0.2, 0.25) is 0 Å². The van der Waals surface area contributed by atoms with Crippen LogP contribution in [0.15, 0.2) is 18.7 Å². The van der Waals surface area contributed by atoms with Crippen molar-refractivity contribution >= 4 is 0 Å². The van der Waals surface area contributed by atoms with E-state index in [1.54, 1.807) is 0 Å². The first-order valence-corrected chi connectivity index (χ1v) is 7.00. The zero-order valence-corrected chi connectivity index (χ0v) is 12.1. The van der Waals surface area contributed by atoms with Crippen molar-refractivity contribution in [1.29, 1.82) is 0 Å². The maximum absolute atomic E-state index is 4.22. The monoisotopic (exact) mass is 236 g/mol. The molecule has 0 saturated heterocycles. The molecule has 0 amide bonds. The highest BCUT2D eigenvalue weighted by Gasteiger charge is 2.29. The zero-order valence-electron chi connectivity index (χ0n) is 12.1. The Bertz CT molecular complexity index is 291. The Hall–Kier alpha value is -0.790.